The second kappa shape index (κ2) is 20.2. The van der Waals surface area contributed by atoms with Gasteiger partial charge in [-0.25, -0.2) is 4.79 Å². The van der Waals surface area contributed by atoms with Crippen LogP contribution in [0.25, 0.3) is 0 Å². The van der Waals surface area contributed by atoms with Gasteiger partial charge in [-0.15, -0.1) is 12.4 Å². The molecule has 0 aliphatic carbocycles. The molecule has 0 bridgehead atoms. The summed E-state index contributed by atoms with van der Waals surface area (Å²) in [7, 11) is 0. The number of aliphatic carboxylic acids is 1. The van der Waals surface area contributed by atoms with Gasteiger partial charge in [-0.3, -0.25) is 10.2 Å². The summed E-state index contributed by atoms with van der Waals surface area (Å²) in [5.41, 5.74) is 5.17. The van der Waals surface area contributed by atoms with E-state index >= 15 is 0 Å². The first-order chi connectivity index (χ1) is 13.0. The van der Waals surface area contributed by atoms with Crippen LogP contribution in [-0.2, 0) is 9.59 Å². The van der Waals surface area contributed by atoms with Crippen LogP contribution in [0.3, 0.4) is 0 Å². The topological polar surface area (TPSA) is 128 Å². The summed E-state index contributed by atoms with van der Waals surface area (Å²) in [5.74, 6) is -1.36. The van der Waals surface area contributed by atoms with E-state index in [1.54, 1.807) is 0 Å². The molecule has 0 saturated heterocycles. The van der Waals surface area contributed by atoms with Gasteiger partial charge in [0.05, 0.1) is 0 Å². The predicted octanol–water partition coefficient (Wildman–Crippen LogP) is 3.94. The molecule has 0 fully saturated rings. The van der Waals surface area contributed by atoms with Crippen LogP contribution in [-0.4, -0.2) is 35.5 Å². The first-order valence-corrected chi connectivity index (χ1v) is 10.6. The van der Waals surface area contributed by atoms with Gasteiger partial charge in [0.25, 0.3) is 0 Å². The van der Waals surface area contributed by atoms with Crippen LogP contribution in [0.4, 0.5) is 0 Å². The van der Waals surface area contributed by atoms with Gasteiger partial charge in [0, 0.05) is 13.0 Å². The van der Waals surface area contributed by atoms with Crippen molar-refractivity contribution >= 4 is 30.2 Å². The zero-order valence-corrected chi connectivity index (χ0v) is 18.2. The van der Waals surface area contributed by atoms with Crippen LogP contribution in [0, 0.1) is 5.41 Å². The number of nitrogens with two attached hydrogens (primary N) is 1. The Labute approximate surface area is 176 Å². The minimum Gasteiger partial charge on any atom is -0.480 e. The molecule has 0 aliphatic rings. The number of hydrogen-bond acceptors (Lipinski definition) is 3. The van der Waals surface area contributed by atoms with E-state index in [0.29, 0.717) is 25.8 Å². The maximum atomic E-state index is 11.9. The van der Waals surface area contributed by atoms with Crippen molar-refractivity contribution in [3.05, 3.63) is 0 Å². The van der Waals surface area contributed by atoms with Crippen LogP contribution in [0.5, 0.6) is 0 Å². The fraction of sp³-hybridized carbons (Fsp3) is 0.850. The van der Waals surface area contributed by atoms with E-state index in [9.17, 15) is 14.7 Å². The normalized spacial score (nSPS) is 11.3. The molecule has 0 heterocycles. The lowest BCUT2D eigenvalue weighted by Crippen LogP contribution is -2.41. The van der Waals surface area contributed by atoms with Crippen molar-refractivity contribution in [1.29, 1.82) is 5.41 Å². The molecule has 0 aromatic carbocycles. The molecule has 0 rings (SSSR count). The Hall–Kier alpha value is -1.50. The molecule has 8 heteroatoms. The standard InChI is InChI=1S/C20H40N4O3.ClH/c1-2-3-4-5-6-7-8-9-10-11-12-15-18(25)24-17(19(26)27)14-13-16-23-20(21)22;/h17H,2-16H2,1H3,(H,24,25)(H,26,27)(H4,21,22,23);1H. The summed E-state index contributed by atoms with van der Waals surface area (Å²) in [5, 5.41) is 21.4. The van der Waals surface area contributed by atoms with E-state index < -0.39 is 12.0 Å². The van der Waals surface area contributed by atoms with Gasteiger partial charge in [0.1, 0.15) is 6.04 Å². The van der Waals surface area contributed by atoms with E-state index in [0.717, 1.165) is 19.3 Å². The summed E-state index contributed by atoms with van der Waals surface area (Å²) in [6.45, 7) is 2.66. The third-order valence-corrected chi connectivity index (χ3v) is 4.63. The number of unbranched alkanes of at least 4 members (excludes halogenated alkanes) is 10. The van der Waals surface area contributed by atoms with Crippen LogP contribution < -0.4 is 16.4 Å². The summed E-state index contributed by atoms with van der Waals surface area (Å²) >= 11 is 0. The van der Waals surface area contributed by atoms with Crippen molar-refractivity contribution in [2.24, 2.45) is 5.73 Å². The molecular weight excluding hydrogens is 380 g/mol. The molecule has 7 nitrogen and oxygen atoms in total. The Kier molecular flexibility index (Phi) is 20.8. The van der Waals surface area contributed by atoms with Crippen LogP contribution >= 0.6 is 12.4 Å². The van der Waals surface area contributed by atoms with Gasteiger partial charge >= 0.3 is 5.97 Å². The van der Waals surface area contributed by atoms with E-state index in [1.165, 1.54) is 51.4 Å². The van der Waals surface area contributed by atoms with Crippen molar-refractivity contribution in [3.8, 4) is 0 Å². The Balaban J connectivity index is 0. The van der Waals surface area contributed by atoms with Crippen LogP contribution in [0.1, 0.15) is 96.8 Å². The second-order valence-corrected chi connectivity index (χ2v) is 7.23. The molecule has 0 aliphatic heterocycles. The number of halogens is 1. The molecule has 166 valence electrons. The highest BCUT2D eigenvalue weighted by molar-refractivity contribution is 5.85. The van der Waals surface area contributed by atoms with Crippen molar-refractivity contribution in [2.45, 2.75) is 103 Å². The van der Waals surface area contributed by atoms with Crippen molar-refractivity contribution < 1.29 is 14.7 Å². The van der Waals surface area contributed by atoms with Gasteiger partial charge in [-0.1, -0.05) is 71.1 Å². The highest BCUT2D eigenvalue weighted by atomic mass is 35.5. The molecule has 0 saturated carbocycles. The number of carbonyl (C=O) groups is 2. The number of nitrogens with one attached hydrogen (secondary N) is 3. The number of rotatable bonds is 18. The van der Waals surface area contributed by atoms with Gasteiger partial charge in [0.2, 0.25) is 5.91 Å². The van der Waals surface area contributed by atoms with E-state index in [-0.39, 0.29) is 24.3 Å². The Morgan fingerprint density at radius 3 is 1.89 bits per heavy atom. The first-order valence-electron chi connectivity index (χ1n) is 10.6. The van der Waals surface area contributed by atoms with Gasteiger partial charge in [-0.2, -0.15) is 0 Å². The molecule has 28 heavy (non-hydrogen) atoms. The predicted molar refractivity (Wildman–Crippen MR) is 117 cm³/mol. The average Bonchev–Trinajstić information content (AvgIpc) is 2.61. The SMILES string of the molecule is CCCCCCCCCCCCCC(=O)NC(CCCNC(=N)N)C(=O)O.Cl. The number of guanidine groups is 1. The summed E-state index contributed by atoms with van der Waals surface area (Å²) in [6, 6.07) is -0.876. The van der Waals surface area contributed by atoms with Crippen molar-refractivity contribution in [2.75, 3.05) is 6.54 Å². The average molecular weight is 421 g/mol. The molecule has 1 atom stereocenters. The highest BCUT2D eigenvalue weighted by Gasteiger charge is 2.19. The zero-order valence-electron chi connectivity index (χ0n) is 17.4. The zero-order chi connectivity index (χ0) is 20.3. The summed E-state index contributed by atoms with van der Waals surface area (Å²) in [4.78, 5) is 23.1. The smallest absolute Gasteiger partial charge is 0.326 e. The molecule has 0 radical (unpaired) electrons. The van der Waals surface area contributed by atoms with Crippen LogP contribution in [0.15, 0.2) is 0 Å². The minimum atomic E-state index is -1.02. The maximum absolute atomic E-state index is 11.9. The fourth-order valence-electron chi connectivity index (χ4n) is 3.00. The lowest BCUT2D eigenvalue weighted by molar-refractivity contribution is -0.142. The largest absolute Gasteiger partial charge is 0.480 e. The quantitative estimate of drug-likeness (QED) is 0.130. The Morgan fingerprint density at radius 2 is 1.43 bits per heavy atom. The monoisotopic (exact) mass is 420 g/mol. The second-order valence-electron chi connectivity index (χ2n) is 7.23. The van der Waals surface area contributed by atoms with Gasteiger partial charge in [-0.05, 0) is 19.3 Å². The highest BCUT2D eigenvalue weighted by Crippen LogP contribution is 2.12. The molecule has 1 amide bonds. The third kappa shape index (κ3) is 19.3. The number of carboxylic acid groups (broad SMARTS) is 1. The number of amides is 1. The summed E-state index contributed by atoms with van der Waals surface area (Å²) < 4.78 is 0. The first kappa shape index (κ1) is 28.7. The molecule has 0 aromatic rings. The number of carboxylic acids is 1. The number of hydrogen-bond donors (Lipinski definition) is 5. The lowest BCUT2D eigenvalue weighted by atomic mass is 10.0. The van der Waals surface area contributed by atoms with E-state index in [4.69, 9.17) is 11.1 Å². The fourth-order valence-corrected chi connectivity index (χ4v) is 3.00. The maximum Gasteiger partial charge on any atom is 0.326 e. The Bertz CT molecular complexity index is 422. The number of carbonyl (C=O) groups excluding carboxylic acids is 1. The molecular formula is C20H41ClN4O3. The van der Waals surface area contributed by atoms with E-state index in [1.807, 2.05) is 0 Å². The molecule has 0 aromatic heterocycles. The van der Waals surface area contributed by atoms with Crippen molar-refractivity contribution in [3.63, 3.8) is 0 Å². The van der Waals surface area contributed by atoms with Crippen molar-refractivity contribution in [1.82, 2.24) is 10.6 Å². The molecule has 1 unspecified atom stereocenters. The Morgan fingerprint density at radius 1 is 0.929 bits per heavy atom. The molecule has 6 N–H and O–H groups in total. The third-order valence-electron chi connectivity index (χ3n) is 4.63. The lowest BCUT2D eigenvalue weighted by Gasteiger charge is -2.14. The van der Waals surface area contributed by atoms with Gasteiger partial charge < -0.3 is 21.5 Å². The molecule has 0 spiro atoms. The summed E-state index contributed by atoms with van der Waals surface area (Å²) in [6.07, 6.45) is 14.7. The van der Waals surface area contributed by atoms with Crippen LogP contribution in [0.2, 0.25) is 0 Å². The minimum absolute atomic E-state index is 0. The van der Waals surface area contributed by atoms with Gasteiger partial charge in [0.15, 0.2) is 5.96 Å². The van der Waals surface area contributed by atoms with E-state index in [2.05, 4.69) is 17.6 Å².